The second-order valence-electron chi connectivity index (χ2n) is 5.34. The summed E-state index contributed by atoms with van der Waals surface area (Å²) in [6.07, 6.45) is 1.60. The van der Waals surface area contributed by atoms with Gasteiger partial charge < -0.3 is 10.6 Å². The molecule has 0 atom stereocenters. The summed E-state index contributed by atoms with van der Waals surface area (Å²) in [4.78, 5) is 33.8. The van der Waals surface area contributed by atoms with Gasteiger partial charge in [-0.3, -0.25) is 14.9 Å². The number of hydrogen-bond acceptors (Lipinski definition) is 6. The quantitative estimate of drug-likeness (QED) is 0.768. The predicted octanol–water partition coefficient (Wildman–Crippen LogP) is 0.253. The molecule has 7 heteroatoms. The Bertz CT molecular complexity index is 556. The van der Waals surface area contributed by atoms with Crippen molar-refractivity contribution in [1.82, 2.24) is 15.3 Å². The normalized spacial score (nSPS) is 18.1. The van der Waals surface area contributed by atoms with Crippen LogP contribution in [0.3, 0.4) is 0 Å². The van der Waals surface area contributed by atoms with Gasteiger partial charge >= 0.3 is 0 Å². The largest absolute Gasteiger partial charge is 0.384 e. The number of nitrogens with zero attached hydrogens (tertiary/aromatic N) is 3. The zero-order chi connectivity index (χ0) is 14.9. The van der Waals surface area contributed by atoms with E-state index < -0.39 is 5.54 Å². The van der Waals surface area contributed by atoms with E-state index in [4.69, 9.17) is 5.73 Å². The highest BCUT2D eigenvalue weighted by Gasteiger charge is 2.41. The van der Waals surface area contributed by atoms with Crippen LogP contribution in [0.5, 0.6) is 0 Å². The zero-order valence-electron chi connectivity index (χ0n) is 11.9. The van der Waals surface area contributed by atoms with Gasteiger partial charge in [0.2, 0.25) is 5.91 Å². The molecule has 108 valence electrons. The summed E-state index contributed by atoms with van der Waals surface area (Å²) in [6.45, 7) is 5.58. The van der Waals surface area contributed by atoms with Crippen molar-refractivity contribution in [3.8, 4) is 0 Å². The van der Waals surface area contributed by atoms with Crippen LogP contribution in [0.4, 0.5) is 11.6 Å². The fourth-order valence-electron chi connectivity index (χ4n) is 2.13. The smallest absolute Gasteiger partial charge is 0.251 e. The lowest BCUT2D eigenvalue weighted by Crippen LogP contribution is -2.64. The van der Waals surface area contributed by atoms with Crippen molar-refractivity contribution >= 4 is 23.5 Å². The molecule has 3 N–H and O–H groups in total. The van der Waals surface area contributed by atoms with E-state index in [1.165, 1.54) is 0 Å². The predicted molar refractivity (Wildman–Crippen MR) is 75.0 cm³/mol. The lowest BCUT2D eigenvalue weighted by Gasteiger charge is -2.41. The van der Waals surface area contributed by atoms with E-state index in [2.05, 4.69) is 15.3 Å². The van der Waals surface area contributed by atoms with Crippen molar-refractivity contribution < 1.29 is 9.59 Å². The number of nitrogens with one attached hydrogen (secondary N) is 1. The average Bonchev–Trinajstić information content (AvgIpc) is 2.33. The standard InChI is InChI=1S/C13H19N5O2/c1-4-5-9-15-8(14)6-10(16-9)18-7-11(19)17-12(20)13(18,2)3/h6H,4-5,7H2,1-3H3,(H2,14,15,16)(H,17,19,20). The van der Waals surface area contributed by atoms with E-state index in [0.29, 0.717) is 23.9 Å². The number of imide groups is 1. The summed E-state index contributed by atoms with van der Waals surface area (Å²) in [5.41, 5.74) is 4.93. The summed E-state index contributed by atoms with van der Waals surface area (Å²) in [6, 6.07) is 1.59. The fourth-order valence-corrected chi connectivity index (χ4v) is 2.13. The minimum Gasteiger partial charge on any atom is -0.384 e. The monoisotopic (exact) mass is 277 g/mol. The molecule has 0 radical (unpaired) electrons. The first-order chi connectivity index (χ1) is 9.34. The van der Waals surface area contributed by atoms with Gasteiger partial charge in [-0.15, -0.1) is 0 Å². The van der Waals surface area contributed by atoms with Crippen molar-refractivity contribution in [3.63, 3.8) is 0 Å². The number of rotatable bonds is 3. The third kappa shape index (κ3) is 2.56. The topological polar surface area (TPSA) is 101 Å². The Morgan fingerprint density at radius 3 is 2.75 bits per heavy atom. The fraction of sp³-hybridized carbons (Fsp3) is 0.538. The number of carbonyl (C=O) groups excluding carboxylic acids is 2. The van der Waals surface area contributed by atoms with Crippen molar-refractivity contribution in [1.29, 1.82) is 0 Å². The molecule has 2 heterocycles. The molecule has 1 aromatic rings. The van der Waals surface area contributed by atoms with Crippen molar-refractivity contribution in [2.45, 2.75) is 39.2 Å². The Morgan fingerprint density at radius 2 is 2.10 bits per heavy atom. The molecule has 1 aliphatic heterocycles. The van der Waals surface area contributed by atoms with Crippen molar-refractivity contribution in [3.05, 3.63) is 11.9 Å². The van der Waals surface area contributed by atoms with E-state index >= 15 is 0 Å². The molecule has 1 saturated heterocycles. The number of anilines is 2. The van der Waals surface area contributed by atoms with Gasteiger partial charge in [-0.25, -0.2) is 9.97 Å². The Kier molecular flexibility index (Phi) is 3.61. The molecule has 0 aliphatic carbocycles. The number of hydrogen-bond donors (Lipinski definition) is 2. The third-order valence-corrected chi connectivity index (χ3v) is 3.31. The SMILES string of the molecule is CCCc1nc(N)cc(N2CC(=O)NC(=O)C2(C)C)n1. The van der Waals surface area contributed by atoms with Gasteiger partial charge in [0.25, 0.3) is 5.91 Å². The number of nitrogen functional groups attached to an aromatic ring is 1. The van der Waals surface area contributed by atoms with Gasteiger partial charge in [-0.1, -0.05) is 6.92 Å². The van der Waals surface area contributed by atoms with Gasteiger partial charge in [0, 0.05) is 12.5 Å². The Hall–Kier alpha value is -2.18. The maximum Gasteiger partial charge on any atom is 0.251 e. The second kappa shape index (κ2) is 5.07. The number of aryl methyl sites for hydroxylation is 1. The molecule has 1 fully saturated rings. The van der Waals surface area contributed by atoms with Gasteiger partial charge in [0.05, 0.1) is 6.54 Å². The molecule has 1 aromatic heterocycles. The number of piperazine rings is 1. The number of carbonyl (C=O) groups is 2. The first kappa shape index (κ1) is 14.2. The average molecular weight is 277 g/mol. The van der Waals surface area contributed by atoms with Crippen molar-refractivity contribution in [2.24, 2.45) is 0 Å². The summed E-state index contributed by atoms with van der Waals surface area (Å²) in [7, 11) is 0. The summed E-state index contributed by atoms with van der Waals surface area (Å²) in [5.74, 6) is 0.782. The Morgan fingerprint density at radius 1 is 1.40 bits per heavy atom. The Balaban J connectivity index is 2.42. The van der Waals surface area contributed by atoms with E-state index in [1.54, 1.807) is 24.8 Å². The van der Waals surface area contributed by atoms with Crippen LogP contribution < -0.4 is 16.0 Å². The zero-order valence-corrected chi connectivity index (χ0v) is 11.9. The lowest BCUT2D eigenvalue weighted by atomic mass is 9.99. The molecular weight excluding hydrogens is 258 g/mol. The van der Waals surface area contributed by atoms with E-state index in [1.807, 2.05) is 6.92 Å². The molecule has 20 heavy (non-hydrogen) atoms. The molecule has 2 amide bonds. The van der Waals surface area contributed by atoms with Crippen LogP contribution in [0.2, 0.25) is 0 Å². The number of amides is 2. The highest BCUT2D eigenvalue weighted by atomic mass is 16.2. The molecule has 0 unspecified atom stereocenters. The van der Waals surface area contributed by atoms with Crippen molar-refractivity contribution in [2.75, 3.05) is 17.2 Å². The van der Waals surface area contributed by atoms with E-state index in [0.717, 1.165) is 6.42 Å². The highest BCUT2D eigenvalue weighted by Crippen LogP contribution is 2.26. The van der Waals surface area contributed by atoms with E-state index in [-0.39, 0.29) is 18.4 Å². The first-order valence-electron chi connectivity index (χ1n) is 6.60. The summed E-state index contributed by atoms with van der Waals surface area (Å²) < 4.78 is 0. The first-order valence-corrected chi connectivity index (χ1v) is 6.60. The van der Waals surface area contributed by atoms with Crippen LogP contribution >= 0.6 is 0 Å². The molecule has 1 aliphatic rings. The molecule has 0 bridgehead atoms. The molecule has 0 spiro atoms. The lowest BCUT2D eigenvalue weighted by molar-refractivity contribution is -0.135. The van der Waals surface area contributed by atoms with Gasteiger partial charge in [-0.05, 0) is 20.3 Å². The van der Waals surface area contributed by atoms with Crippen LogP contribution in [-0.4, -0.2) is 33.9 Å². The highest BCUT2D eigenvalue weighted by molar-refractivity contribution is 6.06. The van der Waals surface area contributed by atoms with E-state index in [9.17, 15) is 9.59 Å². The summed E-state index contributed by atoms with van der Waals surface area (Å²) in [5, 5.41) is 2.33. The summed E-state index contributed by atoms with van der Waals surface area (Å²) >= 11 is 0. The van der Waals surface area contributed by atoms with Gasteiger partial charge in [0.1, 0.15) is 23.0 Å². The minimum atomic E-state index is -0.863. The Labute approximate surface area is 117 Å². The van der Waals surface area contributed by atoms with Crippen LogP contribution in [0, 0.1) is 0 Å². The third-order valence-electron chi connectivity index (χ3n) is 3.31. The molecule has 0 saturated carbocycles. The van der Waals surface area contributed by atoms with Crippen LogP contribution in [0.1, 0.15) is 33.0 Å². The number of nitrogens with two attached hydrogens (primary N) is 1. The van der Waals surface area contributed by atoms with Gasteiger partial charge in [0.15, 0.2) is 0 Å². The molecule has 0 aromatic carbocycles. The van der Waals surface area contributed by atoms with Crippen LogP contribution in [-0.2, 0) is 16.0 Å². The minimum absolute atomic E-state index is 0.0702. The van der Waals surface area contributed by atoms with Gasteiger partial charge in [-0.2, -0.15) is 0 Å². The second-order valence-corrected chi connectivity index (χ2v) is 5.34. The van der Waals surface area contributed by atoms with Crippen LogP contribution in [0.15, 0.2) is 6.07 Å². The van der Waals surface area contributed by atoms with Crippen LogP contribution in [0.25, 0.3) is 0 Å². The number of aromatic nitrogens is 2. The maximum atomic E-state index is 12.0. The molecular formula is C13H19N5O2. The molecule has 2 rings (SSSR count). The maximum absolute atomic E-state index is 12.0. The molecule has 7 nitrogen and oxygen atoms in total.